The van der Waals surface area contributed by atoms with E-state index >= 15 is 0 Å². The normalized spacial score (nSPS) is 14.0. The minimum atomic E-state index is -0.103. The number of hydrogen-bond donors (Lipinski definition) is 0. The Bertz CT molecular complexity index is 742. The highest BCUT2D eigenvalue weighted by atomic mass is 79.9. The largest absolute Gasteiger partial charge is 0.489 e. The van der Waals surface area contributed by atoms with Crippen LogP contribution in [0, 0.1) is 0 Å². The number of aromatic nitrogens is 1. The lowest BCUT2D eigenvalue weighted by Crippen LogP contribution is -2.09. The second kappa shape index (κ2) is 7.72. The predicted octanol–water partition coefficient (Wildman–Crippen LogP) is 4.29. The molecular formula is C17H18BrNO4S. The van der Waals surface area contributed by atoms with Crippen molar-refractivity contribution in [2.24, 2.45) is 0 Å². The summed E-state index contributed by atoms with van der Waals surface area (Å²) in [6, 6.07) is 3.71. The van der Waals surface area contributed by atoms with Gasteiger partial charge in [0.15, 0.2) is 11.5 Å². The van der Waals surface area contributed by atoms with Crippen LogP contribution in [-0.2, 0) is 4.74 Å². The van der Waals surface area contributed by atoms with Gasteiger partial charge >= 0.3 is 0 Å². The van der Waals surface area contributed by atoms with Gasteiger partial charge in [0, 0.05) is 18.6 Å². The lowest BCUT2D eigenvalue weighted by molar-refractivity contribution is 0.103. The van der Waals surface area contributed by atoms with E-state index in [0.29, 0.717) is 46.2 Å². The molecule has 0 radical (unpaired) electrons. The average Bonchev–Trinajstić information content (AvgIpc) is 3.32. The van der Waals surface area contributed by atoms with Gasteiger partial charge in [-0.2, -0.15) is 0 Å². The van der Waals surface area contributed by atoms with Crippen molar-refractivity contribution in [3.8, 4) is 5.75 Å². The maximum Gasteiger partial charge on any atom is 0.199 e. The summed E-state index contributed by atoms with van der Waals surface area (Å²) >= 11 is 5.10. The maximum atomic E-state index is 12.9. The number of hydrogen-bond acceptors (Lipinski definition) is 6. The molecule has 0 unspecified atom stereocenters. The van der Waals surface area contributed by atoms with E-state index in [1.54, 1.807) is 18.9 Å². The summed E-state index contributed by atoms with van der Waals surface area (Å²) in [5.41, 5.74) is 1.09. The molecule has 0 bridgehead atoms. The Morgan fingerprint density at radius 1 is 1.38 bits per heavy atom. The van der Waals surface area contributed by atoms with Gasteiger partial charge in [-0.3, -0.25) is 4.79 Å². The predicted molar refractivity (Wildman–Crippen MR) is 95.2 cm³/mol. The first-order valence-electron chi connectivity index (χ1n) is 7.64. The number of carbonyl (C=O) groups is 1. The van der Waals surface area contributed by atoms with E-state index in [-0.39, 0.29) is 5.78 Å². The van der Waals surface area contributed by atoms with E-state index in [1.165, 1.54) is 6.20 Å². The van der Waals surface area contributed by atoms with Gasteiger partial charge in [0.05, 0.1) is 27.7 Å². The Labute approximate surface area is 153 Å². The number of rotatable bonds is 8. The van der Waals surface area contributed by atoms with E-state index in [0.717, 1.165) is 17.7 Å². The molecule has 1 aromatic carbocycles. The second-order valence-corrected chi connectivity index (χ2v) is 7.15. The van der Waals surface area contributed by atoms with E-state index in [9.17, 15) is 4.79 Å². The van der Waals surface area contributed by atoms with Crippen molar-refractivity contribution < 1.29 is 18.8 Å². The van der Waals surface area contributed by atoms with Crippen molar-refractivity contribution in [2.75, 3.05) is 26.6 Å². The van der Waals surface area contributed by atoms with Gasteiger partial charge in [-0.05, 0) is 47.2 Å². The molecule has 1 fully saturated rings. The monoisotopic (exact) mass is 411 g/mol. The highest BCUT2D eigenvalue weighted by Gasteiger charge is 2.33. The van der Waals surface area contributed by atoms with Crippen LogP contribution in [0.5, 0.6) is 5.75 Å². The SMILES string of the molecule is COCCOc1c(SC)ccc(C(=O)c2cnoc2C2CC2)c1Br. The number of ketones is 1. The third-order valence-corrected chi connectivity index (χ3v) is 5.40. The van der Waals surface area contributed by atoms with Crippen molar-refractivity contribution in [1.29, 1.82) is 0 Å². The number of carbonyl (C=O) groups excluding carboxylic acids is 1. The van der Waals surface area contributed by atoms with Gasteiger partial charge in [-0.1, -0.05) is 5.16 Å². The fraction of sp³-hybridized carbons (Fsp3) is 0.412. The minimum Gasteiger partial charge on any atom is -0.489 e. The van der Waals surface area contributed by atoms with Gasteiger partial charge < -0.3 is 14.0 Å². The third-order valence-electron chi connectivity index (χ3n) is 3.85. The molecule has 0 spiro atoms. The number of halogens is 1. The zero-order chi connectivity index (χ0) is 17.1. The van der Waals surface area contributed by atoms with Crippen LogP contribution in [0.3, 0.4) is 0 Å². The first-order chi connectivity index (χ1) is 11.7. The standard InChI is InChI=1S/C17H18BrNO4S/c1-21-7-8-22-17-13(24-2)6-5-11(14(17)18)15(20)12-9-19-23-16(12)10-3-4-10/h5-6,9-10H,3-4,7-8H2,1-2H3. The molecule has 1 aliphatic rings. The number of ether oxygens (including phenoxy) is 2. The van der Waals surface area contributed by atoms with Crippen LogP contribution in [0.1, 0.15) is 40.4 Å². The summed E-state index contributed by atoms with van der Waals surface area (Å²) in [6.45, 7) is 0.900. The third kappa shape index (κ3) is 3.53. The van der Waals surface area contributed by atoms with Crippen molar-refractivity contribution in [3.63, 3.8) is 0 Å². The minimum absolute atomic E-state index is 0.103. The van der Waals surface area contributed by atoms with Gasteiger partial charge in [0.1, 0.15) is 12.4 Å². The molecule has 0 amide bonds. The molecule has 24 heavy (non-hydrogen) atoms. The van der Waals surface area contributed by atoms with Crippen molar-refractivity contribution in [2.45, 2.75) is 23.7 Å². The summed E-state index contributed by atoms with van der Waals surface area (Å²) in [5, 5.41) is 3.81. The molecule has 128 valence electrons. The number of thioether (sulfide) groups is 1. The summed E-state index contributed by atoms with van der Waals surface area (Å²) in [6.07, 6.45) is 5.58. The molecule has 1 aliphatic carbocycles. The molecular weight excluding hydrogens is 394 g/mol. The Morgan fingerprint density at radius 3 is 2.83 bits per heavy atom. The van der Waals surface area contributed by atoms with Gasteiger partial charge in [-0.15, -0.1) is 11.8 Å². The molecule has 2 aromatic rings. The molecule has 0 atom stereocenters. The number of benzene rings is 1. The molecule has 7 heteroatoms. The van der Waals surface area contributed by atoms with Crippen molar-refractivity contribution >= 4 is 33.5 Å². The Balaban J connectivity index is 1.93. The maximum absolute atomic E-state index is 12.9. The molecule has 0 aliphatic heterocycles. The van der Waals surface area contributed by atoms with Crippen LogP contribution >= 0.6 is 27.7 Å². The molecule has 5 nitrogen and oxygen atoms in total. The first kappa shape index (κ1) is 17.5. The number of nitrogens with zero attached hydrogens (tertiary/aromatic N) is 1. The average molecular weight is 412 g/mol. The summed E-state index contributed by atoms with van der Waals surface area (Å²) in [5.74, 6) is 1.58. The summed E-state index contributed by atoms with van der Waals surface area (Å²) in [7, 11) is 1.62. The fourth-order valence-corrected chi connectivity index (χ4v) is 3.76. The van der Waals surface area contributed by atoms with Crippen LogP contribution in [0.4, 0.5) is 0 Å². The molecule has 1 heterocycles. The van der Waals surface area contributed by atoms with Crippen LogP contribution < -0.4 is 4.74 Å². The number of methoxy groups -OCH3 is 1. The molecule has 1 saturated carbocycles. The second-order valence-electron chi connectivity index (χ2n) is 5.51. The van der Waals surface area contributed by atoms with Gasteiger partial charge in [0.25, 0.3) is 0 Å². The van der Waals surface area contributed by atoms with Crippen LogP contribution in [0.2, 0.25) is 0 Å². The quantitative estimate of drug-likeness (QED) is 0.366. The van der Waals surface area contributed by atoms with Crippen LogP contribution in [0.15, 0.2) is 32.2 Å². The van der Waals surface area contributed by atoms with E-state index in [4.69, 9.17) is 14.0 Å². The van der Waals surface area contributed by atoms with E-state index in [1.807, 2.05) is 18.4 Å². The summed E-state index contributed by atoms with van der Waals surface area (Å²) in [4.78, 5) is 13.9. The van der Waals surface area contributed by atoms with E-state index in [2.05, 4.69) is 21.1 Å². The molecule has 0 N–H and O–H groups in total. The smallest absolute Gasteiger partial charge is 0.199 e. The van der Waals surface area contributed by atoms with Gasteiger partial charge in [-0.25, -0.2) is 0 Å². The zero-order valence-corrected chi connectivity index (χ0v) is 15.9. The molecule has 3 rings (SSSR count). The van der Waals surface area contributed by atoms with Crippen molar-refractivity contribution in [3.05, 3.63) is 39.7 Å². The fourth-order valence-electron chi connectivity index (χ4n) is 2.44. The molecule has 0 saturated heterocycles. The van der Waals surface area contributed by atoms with Crippen molar-refractivity contribution in [1.82, 2.24) is 5.16 Å². The Kier molecular flexibility index (Phi) is 5.63. The highest BCUT2D eigenvalue weighted by Crippen LogP contribution is 2.43. The van der Waals surface area contributed by atoms with Crippen LogP contribution in [0.25, 0.3) is 0 Å². The zero-order valence-electron chi connectivity index (χ0n) is 13.5. The Morgan fingerprint density at radius 2 is 2.17 bits per heavy atom. The first-order valence-corrected chi connectivity index (χ1v) is 9.66. The van der Waals surface area contributed by atoms with E-state index < -0.39 is 0 Å². The molecule has 1 aromatic heterocycles. The lowest BCUT2D eigenvalue weighted by atomic mass is 10.0. The highest BCUT2D eigenvalue weighted by molar-refractivity contribution is 9.10. The lowest BCUT2D eigenvalue weighted by Gasteiger charge is -2.14. The Hall–Kier alpha value is -1.31. The topological polar surface area (TPSA) is 61.6 Å². The summed E-state index contributed by atoms with van der Waals surface area (Å²) < 4.78 is 16.8. The van der Waals surface area contributed by atoms with Gasteiger partial charge in [0.2, 0.25) is 0 Å². The van der Waals surface area contributed by atoms with Crippen LogP contribution in [-0.4, -0.2) is 37.5 Å².